The van der Waals surface area contributed by atoms with Gasteiger partial charge in [0.25, 0.3) is 0 Å². The topological polar surface area (TPSA) is 83.5 Å². The Morgan fingerprint density at radius 1 is 0.700 bits per heavy atom. The van der Waals surface area contributed by atoms with Gasteiger partial charge in [-0.15, -0.1) is 0 Å². The molecule has 2 aromatic rings. The van der Waals surface area contributed by atoms with E-state index >= 15 is 0 Å². The third kappa shape index (κ3) is 3.23. The Kier molecular flexibility index (Phi) is 6.12. The molecule has 0 fully saturated rings. The van der Waals surface area contributed by atoms with Crippen LogP contribution in [-0.2, 0) is 0 Å². The van der Waals surface area contributed by atoms with Gasteiger partial charge >= 0.3 is 0 Å². The van der Waals surface area contributed by atoms with E-state index in [1.54, 1.807) is 18.2 Å². The van der Waals surface area contributed by atoms with E-state index < -0.39 is 12.0 Å². The van der Waals surface area contributed by atoms with Crippen molar-refractivity contribution in [3.05, 3.63) is 29.3 Å². The van der Waals surface area contributed by atoms with E-state index in [4.69, 9.17) is 23.7 Å². The lowest BCUT2D eigenvalue weighted by molar-refractivity contribution is 0.0640. The largest absolute Gasteiger partial charge is 0.493 e. The lowest BCUT2D eigenvalue weighted by Gasteiger charge is -2.32. The Bertz CT molecular complexity index is 967. The Morgan fingerprint density at radius 2 is 1.20 bits per heavy atom. The highest BCUT2D eigenvalue weighted by molar-refractivity contribution is 6.05. The molecule has 0 saturated carbocycles. The Labute approximate surface area is 176 Å². The monoisotopic (exact) mass is 416 g/mol. The molecule has 30 heavy (non-hydrogen) atoms. The fourth-order valence-corrected chi connectivity index (χ4v) is 4.02. The number of carbonyl (C=O) groups is 1. The van der Waals surface area contributed by atoms with Gasteiger partial charge in [0.1, 0.15) is 0 Å². The van der Waals surface area contributed by atoms with Crippen LogP contribution in [0.4, 0.5) is 0 Å². The molecule has 0 amide bonds. The van der Waals surface area contributed by atoms with E-state index in [0.29, 0.717) is 51.0 Å². The highest BCUT2D eigenvalue weighted by Crippen LogP contribution is 2.52. The van der Waals surface area contributed by atoms with Crippen molar-refractivity contribution < 1.29 is 33.6 Å². The highest BCUT2D eigenvalue weighted by Gasteiger charge is 2.38. The van der Waals surface area contributed by atoms with Crippen molar-refractivity contribution in [2.75, 3.05) is 35.5 Å². The number of methoxy groups -OCH3 is 5. The molecule has 2 aromatic carbocycles. The molecule has 1 aliphatic carbocycles. The summed E-state index contributed by atoms with van der Waals surface area (Å²) in [5.41, 5.74) is 2.23. The Balaban J connectivity index is 2.51. The number of aliphatic hydroxyl groups is 1. The van der Waals surface area contributed by atoms with Crippen molar-refractivity contribution in [2.24, 2.45) is 11.8 Å². The van der Waals surface area contributed by atoms with Gasteiger partial charge in [-0.25, -0.2) is 0 Å². The first-order valence-corrected chi connectivity index (χ1v) is 9.65. The van der Waals surface area contributed by atoms with E-state index in [-0.39, 0.29) is 11.7 Å². The zero-order valence-corrected chi connectivity index (χ0v) is 18.4. The van der Waals surface area contributed by atoms with Crippen LogP contribution in [0.25, 0.3) is 11.1 Å². The summed E-state index contributed by atoms with van der Waals surface area (Å²) in [5, 5.41) is 11.3. The molecule has 1 aliphatic rings. The summed E-state index contributed by atoms with van der Waals surface area (Å²) in [6, 6.07) is 5.18. The SMILES string of the molecule is COc1cc2c(cc1OC)-c1cc(OC)c(OC)c(OC)c1C(O)C(C)C(C)C2=O. The quantitative estimate of drug-likeness (QED) is 0.791. The fraction of sp³-hybridized carbons (Fsp3) is 0.435. The van der Waals surface area contributed by atoms with E-state index in [1.165, 1.54) is 35.5 Å². The predicted octanol–water partition coefficient (Wildman–Crippen LogP) is 3.90. The van der Waals surface area contributed by atoms with Gasteiger partial charge < -0.3 is 28.8 Å². The van der Waals surface area contributed by atoms with Gasteiger partial charge in [-0.05, 0) is 35.2 Å². The van der Waals surface area contributed by atoms with E-state index in [9.17, 15) is 9.90 Å². The van der Waals surface area contributed by atoms with Crippen molar-refractivity contribution in [2.45, 2.75) is 20.0 Å². The molecule has 0 spiro atoms. The molecule has 3 rings (SSSR count). The van der Waals surface area contributed by atoms with Crippen LogP contribution in [0.3, 0.4) is 0 Å². The summed E-state index contributed by atoms with van der Waals surface area (Å²) in [7, 11) is 7.61. The first-order valence-electron chi connectivity index (χ1n) is 9.65. The van der Waals surface area contributed by atoms with Gasteiger partial charge in [-0.3, -0.25) is 4.79 Å². The molecular weight excluding hydrogens is 388 g/mol. The van der Waals surface area contributed by atoms with Crippen LogP contribution >= 0.6 is 0 Å². The maximum atomic E-state index is 13.4. The first-order chi connectivity index (χ1) is 14.3. The summed E-state index contributed by atoms with van der Waals surface area (Å²) in [4.78, 5) is 13.4. The molecule has 0 radical (unpaired) electrons. The maximum Gasteiger partial charge on any atom is 0.203 e. The number of benzene rings is 2. The van der Waals surface area contributed by atoms with Crippen LogP contribution in [0, 0.1) is 11.8 Å². The molecular formula is C23H28O7. The number of hydrogen-bond acceptors (Lipinski definition) is 7. The molecule has 0 bridgehead atoms. The first kappa shape index (κ1) is 21.8. The third-order valence-electron chi connectivity index (χ3n) is 5.94. The number of ketones is 1. The molecule has 1 N–H and O–H groups in total. The maximum absolute atomic E-state index is 13.4. The Morgan fingerprint density at radius 3 is 1.70 bits per heavy atom. The van der Waals surface area contributed by atoms with Gasteiger partial charge in [0, 0.05) is 17.0 Å². The summed E-state index contributed by atoms with van der Waals surface area (Å²) < 4.78 is 27.6. The molecule has 0 aliphatic heterocycles. The van der Waals surface area contributed by atoms with E-state index in [1.807, 2.05) is 13.8 Å². The van der Waals surface area contributed by atoms with Crippen LogP contribution in [0.15, 0.2) is 18.2 Å². The number of rotatable bonds is 5. The third-order valence-corrected chi connectivity index (χ3v) is 5.94. The number of hydrogen-bond donors (Lipinski definition) is 1. The standard InChI is InChI=1S/C23H28O7/c1-11-12(2)21(25)19-14(9-18(28-5)22(29-6)23(19)30-7)13-8-16(26-3)17(27-4)10-15(13)20(11)24/h8-12,21,25H,1-7H3. The van der Waals surface area contributed by atoms with E-state index in [2.05, 4.69) is 0 Å². The van der Waals surface area contributed by atoms with Crippen molar-refractivity contribution in [1.29, 1.82) is 0 Å². The zero-order chi connectivity index (χ0) is 22.2. The second kappa shape index (κ2) is 8.44. The highest BCUT2D eigenvalue weighted by atomic mass is 16.5. The van der Waals surface area contributed by atoms with Crippen molar-refractivity contribution in [3.8, 4) is 39.9 Å². The molecule has 7 nitrogen and oxygen atoms in total. The molecule has 0 aromatic heterocycles. The number of fused-ring (bicyclic) bond motifs is 3. The summed E-state index contributed by atoms with van der Waals surface area (Å²) >= 11 is 0. The summed E-state index contributed by atoms with van der Waals surface area (Å²) in [5.74, 6) is 1.21. The van der Waals surface area contributed by atoms with Gasteiger partial charge in [-0.1, -0.05) is 13.8 Å². The minimum Gasteiger partial charge on any atom is -0.493 e. The molecule has 162 valence electrons. The second-order valence-electron chi connectivity index (χ2n) is 7.32. The molecule has 3 unspecified atom stereocenters. The lowest BCUT2D eigenvalue weighted by Crippen LogP contribution is -2.27. The predicted molar refractivity (Wildman–Crippen MR) is 112 cm³/mol. The van der Waals surface area contributed by atoms with Crippen molar-refractivity contribution in [3.63, 3.8) is 0 Å². The number of Topliss-reactive ketones (excluding diaryl/α,β-unsaturated/α-hetero) is 1. The zero-order valence-electron chi connectivity index (χ0n) is 18.4. The Hall–Kier alpha value is -2.93. The number of carbonyl (C=O) groups excluding carboxylic acids is 1. The van der Waals surface area contributed by atoms with Crippen LogP contribution in [0.2, 0.25) is 0 Å². The summed E-state index contributed by atoms with van der Waals surface area (Å²) in [6.45, 7) is 3.66. The van der Waals surface area contributed by atoms with E-state index in [0.717, 1.165) is 0 Å². The smallest absolute Gasteiger partial charge is 0.203 e. The van der Waals surface area contributed by atoms with Crippen LogP contribution in [0.1, 0.15) is 35.9 Å². The fourth-order valence-electron chi connectivity index (χ4n) is 4.02. The average molecular weight is 416 g/mol. The summed E-state index contributed by atoms with van der Waals surface area (Å²) in [6.07, 6.45) is -0.963. The number of ether oxygens (including phenoxy) is 5. The van der Waals surface area contributed by atoms with Crippen LogP contribution in [-0.4, -0.2) is 46.4 Å². The van der Waals surface area contributed by atoms with Gasteiger partial charge in [0.2, 0.25) is 5.75 Å². The second-order valence-corrected chi connectivity index (χ2v) is 7.32. The van der Waals surface area contributed by atoms with Crippen LogP contribution in [0.5, 0.6) is 28.7 Å². The molecule has 0 saturated heterocycles. The van der Waals surface area contributed by atoms with Crippen molar-refractivity contribution in [1.82, 2.24) is 0 Å². The lowest BCUT2D eigenvalue weighted by atomic mass is 9.75. The minimum absolute atomic E-state index is 0.0862. The molecule has 0 heterocycles. The van der Waals surface area contributed by atoms with Gasteiger partial charge in [0.15, 0.2) is 28.8 Å². The van der Waals surface area contributed by atoms with Gasteiger partial charge in [0.05, 0.1) is 41.7 Å². The minimum atomic E-state index is -0.963. The molecule has 3 atom stereocenters. The number of aliphatic hydroxyl groups excluding tert-OH is 1. The van der Waals surface area contributed by atoms with Crippen LogP contribution < -0.4 is 23.7 Å². The normalized spacial score (nSPS) is 20.4. The average Bonchev–Trinajstić information content (AvgIpc) is 2.78. The molecule has 7 heteroatoms. The van der Waals surface area contributed by atoms with Crippen molar-refractivity contribution >= 4 is 5.78 Å². The van der Waals surface area contributed by atoms with Gasteiger partial charge in [-0.2, -0.15) is 0 Å².